The summed E-state index contributed by atoms with van der Waals surface area (Å²) >= 11 is 0. The summed E-state index contributed by atoms with van der Waals surface area (Å²) in [5, 5.41) is 3.38. The first-order chi connectivity index (χ1) is 9.58. The van der Waals surface area contributed by atoms with Crippen molar-refractivity contribution in [3.8, 4) is 0 Å². The summed E-state index contributed by atoms with van der Waals surface area (Å²) in [6.07, 6.45) is 3.60. The molecule has 0 unspecified atom stereocenters. The number of benzene rings is 1. The van der Waals surface area contributed by atoms with Gasteiger partial charge in [-0.1, -0.05) is 6.07 Å². The molecular weight excluding hydrogens is 248 g/mol. The molecule has 20 heavy (non-hydrogen) atoms. The first-order valence-corrected chi connectivity index (χ1v) is 7.61. The number of carbonyl (C=O) groups excluding carboxylic acids is 1. The minimum atomic E-state index is 0.141. The van der Waals surface area contributed by atoms with Crippen molar-refractivity contribution in [1.29, 1.82) is 0 Å². The summed E-state index contributed by atoms with van der Waals surface area (Å²) in [5.41, 5.74) is 3.22. The maximum atomic E-state index is 12.4. The van der Waals surface area contributed by atoms with Crippen LogP contribution in [0.15, 0.2) is 18.2 Å². The Morgan fingerprint density at radius 2 is 1.95 bits per heavy atom. The second-order valence-corrected chi connectivity index (χ2v) is 6.01. The van der Waals surface area contributed by atoms with Crippen molar-refractivity contribution in [2.75, 3.05) is 26.7 Å². The Kier molecular flexibility index (Phi) is 5.18. The maximum Gasteiger partial charge on any atom is 0.253 e. The van der Waals surface area contributed by atoms with Gasteiger partial charge in [0.1, 0.15) is 0 Å². The van der Waals surface area contributed by atoms with E-state index >= 15 is 0 Å². The molecule has 1 aromatic carbocycles. The average Bonchev–Trinajstić information content (AvgIpc) is 2.48. The minimum Gasteiger partial charge on any atom is -0.342 e. The number of amides is 1. The summed E-state index contributed by atoms with van der Waals surface area (Å²) in [7, 11) is 1.92. The molecule has 1 aliphatic heterocycles. The molecule has 2 rings (SSSR count). The maximum absolute atomic E-state index is 12.4. The van der Waals surface area contributed by atoms with Crippen LogP contribution in [0.4, 0.5) is 0 Å². The van der Waals surface area contributed by atoms with Crippen molar-refractivity contribution in [2.24, 2.45) is 5.92 Å². The Morgan fingerprint density at radius 1 is 1.25 bits per heavy atom. The van der Waals surface area contributed by atoms with Crippen LogP contribution < -0.4 is 5.32 Å². The van der Waals surface area contributed by atoms with Gasteiger partial charge in [0, 0.05) is 19.2 Å². The van der Waals surface area contributed by atoms with Gasteiger partial charge in [0.2, 0.25) is 0 Å². The van der Waals surface area contributed by atoms with Crippen molar-refractivity contribution in [3.63, 3.8) is 0 Å². The second-order valence-electron chi connectivity index (χ2n) is 6.01. The van der Waals surface area contributed by atoms with Crippen molar-refractivity contribution in [2.45, 2.75) is 33.1 Å². The first kappa shape index (κ1) is 15.0. The summed E-state index contributed by atoms with van der Waals surface area (Å²) in [5.74, 6) is 0.910. The third-order valence-electron chi connectivity index (χ3n) is 4.43. The van der Waals surface area contributed by atoms with Gasteiger partial charge in [-0.15, -0.1) is 0 Å². The van der Waals surface area contributed by atoms with Gasteiger partial charge in [-0.25, -0.2) is 0 Å². The summed E-state index contributed by atoms with van der Waals surface area (Å²) in [6, 6.07) is 5.97. The lowest BCUT2D eigenvalue weighted by atomic mass is 9.94. The fraction of sp³-hybridized carbons (Fsp3) is 0.588. The van der Waals surface area contributed by atoms with Gasteiger partial charge in [0.15, 0.2) is 0 Å². The monoisotopic (exact) mass is 274 g/mol. The normalized spacial score (nSPS) is 16.1. The molecule has 0 saturated carbocycles. The van der Waals surface area contributed by atoms with Gasteiger partial charge in [-0.3, -0.25) is 4.79 Å². The molecule has 0 radical (unpaired) electrons. The van der Waals surface area contributed by atoms with Gasteiger partial charge in [-0.05, 0) is 75.4 Å². The molecule has 0 bridgehead atoms. The molecule has 110 valence electrons. The van der Waals surface area contributed by atoms with E-state index in [1.54, 1.807) is 0 Å². The van der Waals surface area contributed by atoms with Gasteiger partial charge in [-0.2, -0.15) is 0 Å². The number of carbonyl (C=O) groups is 1. The number of piperidine rings is 1. The van der Waals surface area contributed by atoms with Gasteiger partial charge >= 0.3 is 0 Å². The Hall–Kier alpha value is -1.35. The Morgan fingerprint density at radius 3 is 2.60 bits per heavy atom. The second kappa shape index (κ2) is 6.89. The molecule has 1 heterocycles. The predicted octanol–water partition coefficient (Wildman–Crippen LogP) is 2.77. The number of rotatable bonds is 4. The molecule has 0 aromatic heterocycles. The van der Waals surface area contributed by atoms with Crippen molar-refractivity contribution >= 4 is 5.91 Å². The van der Waals surface area contributed by atoms with E-state index < -0.39 is 0 Å². The van der Waals surface area contributed by atoms with Crippen LogP contribution in [0.25, 0.3) is 0 Å². The quantitative estimate of drug-likeness (QED) is 0.915. The lowest BCUT2D eigenvalue weighted by molar-refractivity contribution is 0.0784. The van der Waals surface area contributed by atoms with Gasteiger partial charge < -0.3 is 10.2 Å². The molecule has 1 aliphatic rings. The zero-order valence-electron chi connectivity index (χ0n) is 12.9. The van der Waals surface area contributed by atoms with Crippen LogP contribution in [0, 0.1) is 19.8 Å². The molecule has 0 atom stereocenters. The van der Waals surface area contributed by atoms with Gasteiger partial charge in [0.05, 0.1) is 0 Å². The minimum absolute atomic E-state index is 0.141. The summed E-state index contributed by atoms with van der Waals surface area (Å²) in [4.78, 5) is 14.3. The molecule has 3 heteroatoms. The van der Waals surface area contributed by atoms with E-state index in [0.717, 1.165) is 37.5 Å². The fourth-order valence-electron chi connectivity index (χ4n) is 2.74. The molecule has 1 amide bonds. The SMILES string of the molecule is Cc1ccc(C(=O)N(C)CCC2CCNCC2)cc1C. The van der Waals surface area contributed by atoms with Crippen molar-refractivity contribution < 1.29 is 4.79 Å². The molecule has 1 fully saturated rings. The number of hydrogen-bond acceptors (Lipinski definition) is 2. The van der Waals surface area contributed by atoms with Crippen molar-refractivity contribution in [1.82, 2.24) is 10.2 Å². The molecule has 1 saturated heterocycles. The smallest absolute Gasteiger partial charge is 0.253 e. The Bertz CT molecular complexity index is 464. The molecule has 1 N–H and O–H groups in total. The van der Waals surface area contributed by atoms with E-state index in [2.05, 4.69) is 19.2 Å². The van der Waals surface area contributed by atoms with E-state index in [1.165, 1.54) is 24.0 Å². The number of nitrogens with zero attached hydrogens (tertiary/aromatic N) is 1. The molecular formula is C17H26N2O. The van der Waals surface area contributed by atoms with E-state index in [9.17, 15) is 4.79 Å². The molecule has 0 aliphatic carbocycles. The standard InChI is InChI=1S/C17H26N2O/c1-13-4-5-16(12-14(13)2)17(20)19(3)11-8-15-6-9-18-10-7-15/h4-5,12,15,18H,6-11H2,1-3H3. The van der Waals surface area contributed by atoms with Crippen LogP contribution in [0.5, 0.6) is 0 Å². The van der Waals surface area contributed by atoms with Crippen LogP contribution in [0.3, 0.4) is 0 Å². The highest BCUT2D eigenvalue weighted by atomic mass is 16.2. The summed E-state index contributed by atoms with van der Waals surface area (Å²) in [6.45, 7) is 7.24. The van der Waals surface area contributed by atoms with Crippen LogP contribution in [0.2, 0.25) is 0 Å². The molecule has 0 spiro atoms. The predicted molar refractivity (Wildman–Crippen MR) is 83.1 cm³/mol. The largest absolute Gasteiger partial charge is 0.342 e. The van der Waals surface area contributed by atoms with E-state index in [1.807, 2.05) is 30.1 Å². The zero-order chi connectivity index (χ0) is 14.5. The number of aryl methyl sites for hydroxylation is 2. The zero-order valence-corrected chi connectivity index (χ0v) is 12.9. The third kappa shape index (κ3) is 3.83. The molecule has 3 nitrogen and oxygen atoms in total. The number of nitrogens with one attached hydrogen (secondary N) is 1. The first-order valence-electron chi connectivity index (χ1n) is 7.61. The van der Waals surface area contributed by atoms with E-state index in [-0.39, 0.29) is 5.91 Å². The van der Waals surface area contributed by atoms with E-state index in [0.29, 0.717) is 0 Å². The lowest BCUT2D eigenvalue weighted by Gasteiger charge is -2.25. The average molecular weight is 274 g/mol. The highest BCUT2D eigenvalue weighted by Gasteiger charge is 2.16. The van der Waals surface area contributed by atoms with Crippen LogP contribution in [-0.2, 0) is 0 Å². The fourth-order valence-corrected chi connectivity index (χ4v) is 2.74. The van der Waals surface area contributed by atoms with Crippen LogP contribution in [0.1, 0.15) is 40.7 Å². The topological polar surface area (TPSA) is 32.3 Å². The Labute approximate surface area is 122 Å². The Balaban J connectivity index is 1.89. The van der Waals surface area contributed by atoms with Crippen molar-refractivity contribution in [3.05, 3.63) is 34.9 Å². The van der Waals surface area contributed by atoms with Crippen LogP contribution >= 0.6 is 0 Å². The highest BCUT2D eigenvalue weighted by molar-refractivity contribution is 5.94. The lowest BCUT2D eigenvalue weighted by Crippen LogP contribution is -2.32. The third-order valence-corrected chi connectivity index (χ3v) is 4.43. The van der Waals surface area contributed by atoms with Crippen LogP contribution in [-0.4, -0.2) is 37.5 Å². The number of hydrogen-bond donors (Lipinski definition) is 1. The summed E-state index contributed by atoms with van der Waals surface area (Å²) < 4.78 is 0. The van der Waals surface area contributed by atoms with E-state index in [4.69, 9.17) is 0 Å². The molecule has 1 aromatic rings. The van der Waals surface area contributed by atoms with Gasteiger partial charge in [0.25, 0.3) is 5.91 Å². The highest BCUT2D eigenvalue weighted by Crippen LogP contribution is 2.17.